The molecule has 0 aromatic rings. The summed E-state index contributed by atoms with van der Waals surface area (Å²) < 4.78 is 36.1. The molecule has 0 aromatic heterocycles. The van der Waals surface area contributed by atoms with Crippen molar-refractivity contribution in [3.63, 3.8) is 0 Å². The molecule has 1 unspecified atom stereocenters. The van der Waals surface area contributed by atoms with E-state index >= 15 is 0 Å². The molecule has 0 aliphatic rings. The van der Waals surface area contributed by atoms with Crippen LogP contribution in [0.1, 0.15) is 13.3 Å². The van der Waals surface area contributed by atoms with Crippen molar-refractivity contribution in [1.82, 2.24) is 5.48 Å². The van der Waals surface area contributed by atoms with E-state index in [0.29, 0.717) is 0 Å². The monoisotopic (exact) mass is 169 g/mol. The van der Waals surface area contributed by atoms with Crippen molar-refractivity contribution in [2.45, 2.75) is 25.1 Å². The van der Waals surface area contributed by atoms with Gasteiger partial charge in [-0.1, -0.05) is 6.08 Å². The van der Waals surface area contributed by atoms with Crippen molar-refractivity contribution >= 4 is 0 Å². The highest BCUT2D eigenvalue weighted by atomic mass is 19.4. The zero-order valence-corrected chi connectivity index (χ0v) is 6.07. The summed E-state index contributed by atoms with van der Waals surface area (Å²) >= 11 is 0. The second-order valence-electron chi connectivity index (χ2n) is 2.43. The minimum Gasteiger partial charge on any atom is -0.316 e. The van der Waals surface area contributed by atoms with E-state index in [1.807, 2.05) is 0 Å². The standard InChI is InChI=1S/C6H10F3NO/c1-3-4-5(2,10-11)6(7,8)9/h3,10-11H,1,4H2,2H3. The first-order chi connectivity index (χ1) is 4.87. The van der Waals surface area contributed by atoms with Gasteiger partial charge in [-0.3, -0.25) is 0 Å². The number of hydrogen-bond acceptors (Lipinski definition) is 2. The third-order valence-electron chi connectivity index (χ3n) is 1.43. The van der Waals surface area contributed by atoms with Crippen LogP contribution < -0.4 is 5.48 Å². The molecular weight excluding hydrogens is 159 g/mol. The molecule has 0 aliphatic heterocycles. The van der Waals surface area contributed by atoms with E-state index in [-0.39, 0.29) is 6.42 Å². The van der Waals surface area contributed by atoms with Crippen LogP contribution in [0, 0.1) is 0 Å². The van der Waals surface area contributed by atoms with Gasteiger partial charge in [0.1, 0.15) is 5.54 Å². The molecule has 0 fully saturated rings. The Balaban J connectivity index is 4.45. The van der Waals surface area contributed by atoms with Crippen LogP contribution in [0.4, 0.5) is 13.2 Å². The summed E-state index contributed by atoms with van der Waals surface area (Å²) in [5, 5.41) is 8.23. The number of halogens is 3. The molecule has 0 amide bonds. The first kappa shape index (κ1) is 10.4. The Morgan fingerprint density at radius 1 is 1.55 bits per heavy atom. The number of nitrogens with one attached hydrogen (secondary N) is 1. The first-order valence-electron chi connectivity index (χ1n) is 2.96. The third-order valence-corrected chi connectivity index (χ3v) is 1.43. The minimum atomic E-state index is -4.48. The normalized spacial score (nSPS) is 17.5. The summed E-state index contributed by atoms with van der Waals surface area (Å²) in [7, 11) is 0. The average molecular weight is 169 g/mol. The van der Waals surface area contributed by atoms with Crippen LogP contribution >= 0.6 is 0 Å². The fourth-order valence-corrected chi connectivity index (χ4v) is 0.513. The first-order valence-corrected chi connectivity index (χ1v) is 2.96. The van der Waals surface area contributed by atoms with Gasteiger partial charge in [-0.15, -0.1) is 6.58 Å². The summed E-state index contributed by atoms with van der Waals surface area (Å²) in [4.78, 5) is 0. The van der Waals surface area contributed by atoms with Crippen LogP contribution in [-0.4, -0.2) is 16.9 Å². The summed E-state index contributed by atoms with van der Waals surface area (Å²) in [6.07, 6.45) is -3.75. The van der Waals surface area contributed by atoms with Gasteiger partial charge in [-0.25, -0.2) is 0 Å². The molecule has 66 valence electrons. The SMILES string of the molecule is C=CCC(C)(NO)C(F)(F)F. The maximum Gasteiger partial charge on any atom is 0.408 e. The van der Waals surface area contributed by atoms with E-state index in [0.717, 1.165) is 13.0 Å². The van der Waals surface area contributed by atoms with Gasteiger partial charge in [0.05, 0.1) is 0 Å². The van der Waals surface area contributed by atoms with Gasteiger partial charge in [-0.05, 0) is 13.3 Å². The summed E-state index contributed by atoms with van der Waals surface area (Å²) in [6.45, 7) is 4.01. The van der Waals surface area contributed by atoms with Gasteiger partial charge in [0.2, 0.25) is 0 Å². The highest BCUT2D eigenvalue weighted by molar-refractivity contribution is 4.93. The Bertz CT molecular complexity index is 145. The molecule has 0 saturated heterocycles. The van der Waals surface area contributed by atoms with Crippen LogP contribution in [-0.2, 0) is 0 Å². The van der Waals surface area contributed by atoms with E-state index in [9.17, 15) is 13.2 Å². The molecule has 0 bridgehead atoms. The topological polar surface area (TPSA) is 32.3 Å². The highest BCUT2D eigenvalue weighted by Crippen LogP contribution is 2.32. The van der Waals surface area contributed by atoms with Crippen molar-refractivity contribution in [2.24, 2.45) is 0 Å². The molecular formula is C6H10F3NO. The van der Waals surface area contributed by atoms with Crippen molar-refractivity contribution in [1.29, 1.82) is 0 Å². The van der Waals surface area contributed by atoms with Crippen LogP contribution in [0.3, 0.4) is 0 Å². The average Bonchev–Trinajstić information content (AvgIpc) is 1.86. The molecule has 1 atom stereocenters. The third kappa shape index (κ3) is 2.20. The van der Waals surface area contributed by atoms with E-state index in [2.05, 4.69) is 6.58 Å². The van der Waals surface area contributed by atoms with Gasteiger partial charge >= 0.3 is 6.18 Å². The molecule has 0 aromatic carbocycles. The summed E-state index contributed by atoms with van der Waals surface area (Å²) in [5.74, 6) is 0. The smallest absolute Gasteiger partial charge is 0.316 e. The molecule has 2 nitrogen and oxygen atoms in total. The van der Waals surface area contributed by atoms with Gasteiger partial charge in [0, 0.05) is 0 Å². The van der Waals surface area contributed by atoms with Crippen molar-refractivity contribution in [3.8, 4) is 0 Å². The number of hydrogen-bond donors (Lipinski definition) is 2. The van der Waals surface area contributed by atoms with Gasteiger partial charge < -0.3 is 5.21 Å². The van der Waals surface area contributed by atoms with E-state index < -0.39 is 11.7 Å². The largest absolute Gasteiger partial charge is 0.408 e. The Morgan fingerprint density at radius 2 is 2.00 bits per heavy atom. The number of hydroxylamine groups is 1. The molecule has 0 heterocycles. The van der Waals surface area contributed by atoms with E-state index in [4.69, 9.17) is 5.21 Å². The van der Waals surface area contributed by atoms with Crippen LogP contribution in [0.5, 0.6) is 0 Å². The Morgan fingerprint density at radius 3 is 2.09 bits per heavy atom. The fraction of sp³-hybridized carbons (Fsp3) is 0.667. The predicted octanol–water partition coefficient (Wildman–Crippen LogP) is 1.86. The Hall–Kier alpha value is -0.550. The molecule has 2 N–H and O–H groups in total. The zero-order chi connectivity index (χ0) is 9.12. The minimum absolute atomic E-state index is 0.368. The van der Waals surface area contributed by atoms with Gasteiger partial charge in [-0.2, -0.15) is 18.7 Å². The molecule has 0 rings (SSSR count). The maximum atomic E-state index is 12.0. The lowest BCUT2D eigenvalue weighted by atomic mass is 9.99. The molecule has 0 aliphatic carbocycles. The molecule has 0 saturated carbocycles. The fourth-order valence-electron chi connectivity index (χ4n) is 0.513. The molecule has 11 heavy (non-hydrogen) atoms. The van der Waals surface area contributed by atoms with Gasteiger partial charge in [0.25, 0.3) is 0 Å². The van der Waals surface area contributed by atoms with Crippen molar-refractivity contribution in [3.05, 3.63) is 12.7 Å². The molecule has 5 heteroatoms. The lowest BCUT2D eigenvalue weighted by molar-refractivity contribution is -0.214. The lowest BCUT2D eigenvalue weighted by Gasteiger charge is -2.28. The van der Waals surface area contributed by atoms with Crippen LogP contribution in [0.15, 0.2) is 12.7 Å². The number of alkyl halides is 3. The summed E-state index contributed by atoms with van der Waals surface area (Å²) in [6, 6.07) is 0. The second-order valence-corrected chi connectivity index (χ2v) is 2.43. The van der Waals surface area contributed by atoms with E-state index in [1.54, 1.807) is 0 Å². The Kier molecular flexibility index (Phi) is 3.07. The molecule has 0 radical (unpaired) electrons. The number of rotatable bonds is 3. The maximum absolute atomic E-state index is 12.0. The zero-order valence-electron chi connectivity index (χ0n) is 6.07. The Labute approximate surface area is 62.7 Å². The highest BCUT2D eigenvalue weighted by Gasteiger charge is 2.50. The van der Waals surface area contributed by atoms with Crippen LogP contribution in [0.25, 0.3) is 0 Å². The summed E-state index contributed by atoms with van der Waals surface area (Å²) in [5.41, 5.74) is -1.06. The lowest BCUT2D eigenvalue weighted by Crippen LogP contribution is -2.52. The quantitative estimate of drug-likeness (QED) is 0.499. The second kappa shape index (κ2) is 3.23. The molecule has 0 spiro atoms. The van der Waals surface area contributed by atoms with Gasteiger partial charge in [0.15, 0.2) is 0 Å². The van der Waals surface area contributed by atoms with Crippen LogP contribution in [0.2, 0.25) is 0 Å². The van der Waals surface area contributed by atoms with E-state index in [1.165, 1.54) is 5.48 Å². The van der Waals surface area contributed by atoms with Crippen molar-refractivity contribution in [2.75, 3.05) is 0 Å². The van der Waals surface area contributed by atoms with Crippen molar-refractivity contribution < 1.29 is 18.4 Å². The predicted molar refractivity (Wildman–Crippen MR) is 34.2 cm³/mol.